The first kappa shape index (κ1) is 13.0. The maximum Gasteiger partial charge on any atom is 0.230 e. The highest BCUT2D eigenvalue weighted by Crippen LogP contribution is 2.22. The number of carbonyl (C=O) groups is 1. The zero-order valence-corrected chi connectivity index (χ0v) is 11.2. The Morgan fingerprint density at radius 1 is 1.11 bits per heavy atom. The van der Waals surface area contributed by atoms with Crippen molar-refractivity contribution in [2.24, 2.45) is 0 Å². The first-order valence-electron chi connectivity index (χ1n) is 5.96. The summed E-state index contributed by atoms with van der Waals surface area (Å²) in [6, 6.07) is 9.43. The molecule has 0 unspecified atom stereocenters. The smallest absolute Gasteiger partial charge is 0.230 e. The molecule has 1 heterocycles. The third-order valence-electron chi connectivity index (χ3n) is 2.75. The Balaban J connectivity index is 2.27. The fraction of sp³-hybridized carbons (Fsp3) is 0.214. The van der Waals surface area contributed by atoms with Crippen LogP contribution in [0.2, 0.25) is 0 Å². The summed E-state index contributed by atoms with van der Waals surface area (Å²) >= 11 is 0. The van der Waals surface area contributed by atoms with Gasteiger partial charge in [-0.15, -0.1) is 0 Å². The van der Waals surface area contributed by atoms with Crippen molar-refractivity contribution in [1.82, 2.24) is 9.97 Å². The second kappa shape index (κ2) is 5.48. The van der Waals surface area contributed by atoms with Gasteiger partial charge < -0.3 is 10.2 Å². The van der Waals surface area contributed by atoms with E-state index < -0.39 is 0 Å². The minimum Gasteiger partial charge on any atom is -0.329 e. The van der Waals surface area contributed by atoms with Gasteiger partial charge in [0.2, 0.25) is 12.4 Å². The number of aromatic nitrogens is 2. The molecule has 1 aromatic heterocycles. The number of benzene rings is 1. The summed E-state index contributed by atoms with van der Waals surface area (Å²) in [6.45, 7) is 3.90. The average molecular weight is 256 g/mol. The Kier molecular flexibility index (Phi) is 3.75. The van der Waals surface area contributed by atoms with Gasteiger partial charge in [0.15, 0.2) is 0 Å². The monoisotopic (exact) mass is 256 g/mol. The van der Waals surface area contributed by atoms with Gasteiger partial charge >= 0.3 is 0 Å². The lowest BCUT2D eigenvalue weighted by Crippen LogP contribution is -2.14. The Morgan fingerprint density at radius 2 is 1.68 bits per heavy atom. The van der Waals surface area contributed by atoms with Crippen LogP contribution in [-0.4, -0.2) is 23.4 Å². The fourth-order valence-corrected chi connectivity index (χ4v) is 1.82. The topological polar surface area (TPSA) is 58.1 Å². The highest BCUT2D eigenvalue weighted by molar-refractivity contribution is 5.72. The molecule has 0 saturated carbocycles. The van der Waals surface area contributed by atoms with Crippen molar-refractivity contribution in [3.63, 3.8) is 0 Å². The quantitative estimate of drug-likeness (QED) is 0.853. The van der Waals surface area contributed by atoms with Gasteiger partial charge in [-0.05, 0) is 44.2 Å². The van der Waals surface area contributed by atoms with E-state index in [9.17, 15) is 4.79 Å². The zero-order valence-electron chi connectivity index (χ0n) is 11.2. The van der Waals surface area contributed by atoms with E-state index in [4.69, 9.17) is 0 Å². The lowest BCUT2D eigenvalue weighted by Gasteiger charge is -2.18. The molecule has 2 aromatic rings. The molecule has 1 amide bonds. The predicted octanol–water partition coefficient (Wildman–Crippen LogP) is 2.43. The van der Waals surface area contributed by atoms with Gasteiger partial charge in [-0.2, -0.15) is 0 Å². The highest BCUT2D eigenvalue weighted by atomic mass is 16.1. The summed E-state index contributed by atoms with van der Waals surface area (Å²) in [7, 11) is 1.91. The van der Waals surface area contributed by atoms with Crippen LogP contribution >= 0.6 is 0 Å². The molecule has 0 saturated heterocycles. The van der Waals surface area contributed by atoms with Crippen LogP contribution in [-0.2, 0) is 4.79 Å². The van der Waals surface area contributed by atoms with Gasteiger partial charge in [-0.3, -0.25) is 4.79 Å². The lowest BCUT2D eigenvalue weighted by atomic mass is 10.2. The number of amides is 1. The maximum atomic E-state index is 10.3. The molecule has 0 fully saturated rings. The number of nitrogens with zero attached hydrogens (tertiary/aromatic N) is 3. The van der Waals surface area contributed by atoms with Crippen molar-refractivity contribution in [2.45, 2.75) is 13.8 Å². The Labute approximate surface area is 112 Å². The van der Waals surface area contributed by atoms with Gasteiger partial charge in [0, 0.05) is 29.8 Å². The first-order valence-corrected chi connectivity index (χ1v) is 5.96. The van der Waals surface area contributed by atoms with Gasteiger partial charge in [0.05, 0.1) is 0 Å². The number of hydrogen-bond donors (Lipinski definition) is 1. The van der Waals surface area contributed by atoms with E-state index in [0.717, 1.165) is 22.8 Å². The van der Waals surface area contributed by atoms with Crippen molar-refractivity contribution in [3.05, 3.63) is 41.7 Å². The van der Waals surface area contributed by atoms with Crippen LogP contribution in [0.3, 0.4) is 0 Å². The van der Waals surface area contributed by atoms with Gasteiger partial charge in [0.1, 0.15) is 0 Å². The van der Waals surface area contributed by atoms with Crippen molar-refractivity contribution >= 4 is 23.7 Å². The Morgan fingerprint density at radius 3 is 2.21 bits per heavy atom. The Bertz CT molecular complexity index is 560. The predicted molar refractivity (Wildman–Crippen MR) is 75.7 cm³/mol. The number of anilines is 3. The molecule has 0 spiro atoms. The van der Waals surface area contributed by atoms with Crippen LogP contribution in [0, 0.1) is 13.8 Å². The summed E-state index contributed by atoms with van der Waals surface area (Å²) in [4.78, 5) is 21.1. The SMILES string of the molecule is Cc1cc(C)nc(N(C)c2ccc(NC=O)cc2)n1. The van der Waals surface area contributed by atoms with Crippen LogP contribution in [0.4, 0.5) is 17.3 Å². The summed E-state index contributed by atoms with van der Waals surface area (Å²) < 4.78 is 0. The summed E-state index contributed by atoms with van der Waals surface area (Å²) in [5.74, 6) is 0.661. The van der Waals surface area contributed by atoms with Crippen molar-refractivity contribution < 1.29 is 4.79 Å². The van der Waals surface area contributed by atoms with E-state index in [-0.39, 0.29) is 0 Å². The van der Waals surface area contributed by atoms with E-state index >= 15 is 0 Å². The standard InChI is InChI=1S/C14H16N4O/c1-10-8-11(2)17-14(16-10)18(3)13-6-4-12(5-7-13)15-9-19/h4-9H,1-3H3,(H,15,19). The second-order valence-electron chi connectivity index (χ2n) is 4.32. The molecular weight excluding hydrogens is 240 g/mol. The molecule has 0 atom stereocenters. The van der Waals surface area contributed by atoms with Crippen molar-refractivity contribution in [1.29, 1.82) is 0 Å². The molecule has 19 heavy (non-hydrogen) atoms. The van der Waals surface area contributed by atoms with E-state index in [0.29, 0.717) is 12.4 Å². The van der Waals surface area contributed by atoms with Gasteiger partial charge in [-0.1, -0.05) is 0 Å². The van der Waals surface area contributed by atoms with E-state index in [1.54, 1.807) is 0 Å². The molecule has 0 aliphatic heterocycles. The molecule has 0 bridgehead atoms. The van der Waals surface area contributed by atoms with E-state index in [2.05, 4.69) is 15.3 Å². The number of carbonyl (C=O) groups excluding carboxylic acids is 1. The van der Waals surface area contributed by atoms with E-state index in [1.807, 2.05) is 56.1 Å². The molecule has 5 heteroatoms. The second-order valence-corrected chi connectivity index (χ2v) is 4.32. The molecule has 98 valence electrons. The minimum absolute atomic E-state index is 0.658. The number of rotatable bonds is 4. The molecule has 1 aromatic carbocycles. The number of aryl methyl sites for hydroxylation is 2. The highest BCUT2D eigenvalue weighted by Gasteiger charge is 2.08. The zero-order chi connectivity index (χ0) is 13.8. The molecule has 0 aliphatic carbocycles. The summed E-state index contributed by atoms with van der Waals surface area (Å²) in [6.07, 6.45) is 0.658. The van der Waals surface area contributed by atoms with Crippen LogP contribution in [0.15, 0.2) is 30.3 Å². The van der Waals surface area contributed by atoms with Crippen LogP contribution in [0.25, 0.3) is 0 Å². The molecule has 0 radical (unpaired) electrons. The molecule has 1 N–H and O–H groups in total. The van der Waals surface area contributed by atoms with Gasteiger partial charge in [0.25, 0.3) is 0 Å². The van der Waals surface area contributed by atoms with Gasteiger partial charge in [-0.25, -0.2) is 9.97 Å². The molecule has 0 aliphatic rings. The van der Waals surface area contributed by atoms with E-state index in [1.165, 1.54) is 0 Å². The maximum absolute atomic E-state index is 10.3. The number of nitrogens with one attached hydrogen (secondary N) is 1. The molecular formula is C14H16N4O. The summed E-state index contributed by atoms with van der Waals surface area (Å²) in [5.41, 5.74) is 3.59. The van der Waals surface area contributed by atoms with Crippen LogP contribution < -0.4 is 10.2 Å². The van der Waals surface area contributed by atoms with Crippen molar-refractivity contribution in [3.8, 4) is 0 Å². The normalized spacial score (nSPS) is 10.1. The summed E-state index contributed by atoms with van der Waals surface area (Å²) in [5, 5.41) is 2.60. The van der Waals surface area contributed by atoms with Crippen LogP contribution in [0.1, 0.15) is 11.4 Å². The number of hydrogen-bond acceptors (Lipinski definition) is 4. The largest absolute Gasteiger partial charge is 0.329 e. The first-order chi connectivity index (χ1) is 9.10. The third kappa shape index (κ3) is 3.07. The molecule has 5 nitrogen and oxygen atoms in total. The average Bonchev–Trinajstić information content (AvgIpc) is 2.38. The molecule has 2 rings (SSSR count). The lowest BCUT2D eigenvalue weighted by molar-refractivity contribution is -0.105. The van der Waals surface area contributed by atoms with Crippen molar-refractivity contribution in [2.75, 3.05) is 17.3 Å². The Hall–Kier alpha value is -2.43. The van der Waals surface area contributed by atoms with Crippen LogP contribution in [0.5, 0.6) is 0 Å². The minimum atomic E-state index is 0.658. The fourth-order valence-electron chi connectivity index (χ4n) is 1.82. The third-order valence-corrected chi connectivity index (χ3v) is 2.75.